The lowest BCUT2D eigenvalue weighted by Crippen LogP contribution is -2.19. The Morgan fingerprint density at radius 3 is 2.65 bits per heavy atom. The maximum atomic E-state index is 11.2. The van der Waals surface area contributed by atoms with E-state index in [2.05, 4.69) is 41.2 Å². The average molecular weight is 380 g/mol. The second-order valence-corrected chi connectivity index (χ2v) is 9.57. The van der Waals surface area contributed by atoms with E-state index in [4.69, 9.17) is 0 Å². The van der Waals surface area contributed by atoms with Gasteiger partial charge in [-0.05, 0) is 36.2 Å². The first-order valence-corrected chi connectivity index (χ1v) is 10.4. The highest BCUT2D eigenvalue weighted by Crippen LogP contribution is 2.26. The zero-order chi connectivity index (χ0) is 15.2. The molecule has 0 heterocycles. The summed E-state index contributed by atoms with van der Waals surface area (Å²) in [5.74, 6) is 1.42. The van der Waals surface area contributed by atoms with Gasteiger partial charge in [-0.2, -0.15) is 0 Å². The van der Waals surface area contributed by atoms with Crippen molar-refractivity contribution in [2.24, 2.45) is 5.92 Å². The highest BCUT2D eigenvalue weighted by atomic mass is 79.9. The summed E-state index contributed by atoms with van der Waals surface area (Å²) in [6.07, 6.45) is 1.28. The van der Waals surface area contributed by atoms with Crippen LogP contribution in [-0.4, -0.2) is 32.7 Å². The average Bonchev–Trinajstić information content (AvgIpc) is 2.30. The molecule has 0 radical (unpaired) electrons. The summed E-state index contributed by atoms with van der Waals surface area (Å²) in [6.45, 7) is 6.13. The Morgan fingerprint density at radius 1 is 1.35 bits per heavy atom. The van der Waals surface area contributed by atoms with Gasteiger partial charge in [0.1, 0.15) is 9.84 Å². The molecule has 1 N–H and O–H groups in total. The standard InChI is InChI=1S/C14H22BrNO2S2/c1-11(2)9-16-10-12-8-13(15)4-5-14(12)19-6-7-20(3,17)18/h4-5,8,11,16H,6-7,9-10H2,1-3H3. The first-order chi connectivity index (χ1) is 9.28. The molecule has 0 saturated carbocycles. The molecule has 0 spiro atoms. The predicted molar refractivity (Wildman–Crippen MR) is 91.1 cm³/mol. The summed E-state index contributed by atoms with van der Waals surface area (Å²) in [5.41, 5.74) is 1.21. The fourth-order valence-electron chi connectivity index (χ4n) is 1.63. The van der Waals surface area contributed by atoms with Crippen LogP contribution in [-0.2, 0) is 16.4 Å². The van der Waals surface area contributed by atoms with Crippen LogP contribution in [0.15, 0.2) is 27.6 Å². The monoisotopic (exact) mass is 379 g/mol. The first-order valence-electron chi connectivity index (χ1n) is 6.57. The molecule has 6 heteroatoms. The van der Waals surface area contributed by atoms with E-state index in [9.17, 15) is 8.42 Å². The number of benzene rings is 1. The second-order valence-electron chi connectivity index (χ2n) is 5.26. The summed E-state index contributed by atoms with van der Waals surface area (Å²) in [4.78, 5) is 1.15. The van der Waals surface area contributed by atoms with Crippen LogP contribution in [0.3, 0.4) is 0 Å². The number of sulfone groups is 1. The van der Waals surface area contributed by atoms with Crippen LogP contribution in [0.5, 0.6) is 0 Å². The van der Waals surface area contributed by atoms with Crippen molar-refractivity contribution in [1.82, 2.24) is 5.32 Å². The molecule has 1 rings (SSSR count). The van der Waals surface area contributed by atoms with Crippen molar-refractivity contribution in [3.05, 3.63) is 28.2 Å². The summed E-state index contributed by atoms with van der Waals surface area (Å²) in [6, 6.07) is 6.13. The van der Waals surface area contributed by atoms with E-state index in [0.717, 1.165) is 22.5 Å². The zero-order valence-corrected chi connectivity index (χ0v) is 15.4. The van der Waals surface area contributed by atoms with Gasteiger partial charge in [0.05, 0.1) is 5.75 Å². The normalized spacial score (nSPS) is 12.1. The Morgan fingerprint density at radius 2 is 2.05 bits per heavy atom. The number of thioether (sulfide) groups is 1. The lowest BCUT2D eigenvalue weighted by molar-refractivity contribution is 0.550. The molecule has 1 aromatic carbocycles. The van der Waals surface area contributed by atoms with Gasteiger partial charge in [-0.15, -0.1) is 11.8 Å². The third kappa shape index (κ3) is 7.67. The topological polar surface area (TPSA) is 46.2 Å². The maximum Gasteiger partial charge on any atom is 0.148 e. The Bertz CT molecular complexity index is 530. The molecule has 0 atom stereocenters. The van der Waals surface area contributed by atoms with Crippen molar-refractivity contribution >= 4 is 37.5 Å². The van der Waals surface area contributed by atoms with Crippen LogP contribution in [0.4, 0.5) is 0 Å². The number of rotatable bonds is 8. The largest absolute Gasteiger partial charge is 0.312 e. The van der Waals surface area contributed by atoms with Gasteiger partial charge in [0.15, 0.2) is 0 Å². The second kappa shape index (κ2) is 8.41. The number of hydrogen-bond acceptors (Lipinski definition) is 4. The molecule has 0 fully saturated rings. The fraction of sp³-hybridized carbons (Fsp3) is 0.571. The van der Waals surface area contributed by atoms with Crippen LogP contribution in [0.1, 0.15) is 19.4 Å². The van der Waals surface area contributed by atoms with Crippen molar-refractivity contribution in [3.63, 3.8) is 0 Å². The predicted octanol–water partition coefficient (Wildman–Crippen LogP) is 3.33. The number of halogens is 1. The van der Waals surface area contributed by atoms with Gasteiger partial charge in [0, 0.05) is 27.9 Å². The molecule has 0 saturated heterocycles. The molecule has 0 aromatic heterocycles. The van der Waals surface area contributed by atoms with Crippen molar-refractivity contribution in [2.45, 2.75) is 25.3 Å². The quantitative estimate of drug-likeness (QED) is 0.703. The molecule has 0 aliphatic rings. The molecule has 0 aliphatic carbocycles. The van der Waals surface area contributed by atoms with Gasteiger partial charge in [-0.1, -0.05) is 29.8 Å². The van der Waals surface area contributed by atoms with Crippen LogP contribution in [0.2, 0.25) is 0 Å². The Kier molecular flexibility index (Phi) is 7.58. The van der Waals surface area contributed by atoms with Gasteiger partial charge >= 0.3 is 0 Å². The minimum Gasteiger partial charge on any atom is -0.312 e. The molecule has 20 heavy (non-hydrogen) atoms. The van der Waals surface area contributed by atoms with Crippen molar-refractivity contribution in [2.75, 3.05) is 24.3 Å². The summed E-state index contributed by atoms with van der Waals surface area (Å²) in [7, 11) is -2.89. The highest BCUT2D eigenvalue weighted by molar-refractivity contribution is 9.10. The van der Waals surface area contributed by atoms with Gasteiger partial charge in [-0.3, -0.25) is 0 Å². The molecular formula is C14H22BrNO2S2. The fourth-order valence-corrected chi connectivity index (χ4v) is 4.28. The van der Waals surface area contributed by atoms with E-state index < -0.39 is 9.84 Å². The molecule has 0 amide bonds. The molecule has 0 bridgehead atoms. The third-order valence-corrected chi connectivity index (χ3v) is 5.42. The maximum absolute atomic E-state index is 11.2. The van der Waals surface area contributed by atoms with Crippen LogP contribution in [0, 0.1) is 5.92 Å². The Hall–Kier alpha value is -0.0400. The van der Waals surface area contributed by atoms with Gasteiger partial charge < -0.3 is 5.32 Å². The molecular weight excluding hydrogens is 358 g/mol. The number of hydrogen-bond donors (Lipinski definition) is 1. The molecule has 1 aromatic rings. The molecule has 0 unspecified atom stereocenters. The molecule has 0 aliphatic heterocycles. The summed E-state index contributed by atoms with van der Waals surface area (Å²) < 4.78 is 23.4. The number of nitrogens with one attached hydrogen (secondary N) is 1. The molecule has 114 valence electrons. The SMILES string of the molecule is CC(C)CNCc1cc(Br)ccc1SCCS(C)(=O)=O. The minimum absolute atomic E-state index is 0.215. The van der Waals surface area contributed by atoms with Crippen LogP contribution in [0.25, 0.3) is 0 Å². The Balaban J connectivity index is 2.64. The van der Waals surface area contributed by atoms with Crippen molar-refractivity contribution in [1.29, 1.82) is 0 Å². The van der Waals surface area contributed by atoms with E-state index in [1.165, 1.54) is 11.8 Å². The van der Waals surface area contributed by atoms with Crippen LogP contribution < -0.4 is 5.32 Å². The Labute approximate surface area is 135 Å². The lowest BCUT2D eigenvalue weighted by Gasteiger charge is -2.12. The van der Waals surface area contributed by atoms with E-state index in [-0.39, 0.29) is 5.75 Å². The molecule has 3 nitrogen and oxygen atoms in total. The van der Waals surface area contributed by atoms with Crippen LogP contribution >= 0.6 is 27.7 Å². The minimum atomic E-state index is -2.89. The zero-order valence-electron chi connectivity index (χ0n) is 12.1. The van der Waals surface area contributed by atoms with Gasteiger partial charge in [0.2, 0.25) is 0 Å². The first kappa shape index (κ1) is 18.0. The summed E-state index contributed by atoms with van der Waals surface area (Å²) >= 11 is 5.09. The van der Waals surface area contributed by atoms with Gasteiger partial charge in [-0.25, -0.2) is 8.42 Å². The summed E-state index contributed by atoms with van der Waals surface area (Å²) in [5, 5.41) is 3.42. The van der Waals surface area contributed by atoms with E-state index in [0.29, 0.717) is 11.7 Å². The van der Waals surface area contributed by atoms with E-state index in [1.807, 2.05) is 12.1 Å². The third-order valence-electron chi connectivity index (χ3n) is 2.60. The smallest absolute Gasteiger partial charge is 0.148 e. The van der Waals surface area contributed by atoms with E-state index >= 15 is 0 Å². The van der Waals surface area contributed by atoms with E-state index in [1.54, 1.807) is 11.8 Å². The van der Waals surface area contributed by atoms with Crippen molar-refractivity contribution < 1.29 is 8.42 Å². The highest BCUT2D eigenvalue weighted by Gasteiger charge is 2.07. The van der Waals surface area contributed by atoms with Crippen molar-refractivity contribution in [3.8, 4) is 0 Å². The van der Waals surface area contributed by atoms with Gasteiger partial charge in [0.25, 0.3) is 0 Å². The lowest BCUT2D eigenvalue weighted by atomic mass is 10.2.